The van der Waals surface area contributed by atoms with E-state index in [-0.39, 0.29) is 11.9 Å². The van der Waals surface area contributed by atoms with Gasteiger partial charge in [0.05, 0.1) is 0 Å². The number of carbonyl (C=O) groups is 2. The second kappa shape index (κ2) is 12.7. The Labute approximate surface area is 199 Å². The Hall–Kier alpha value is -3.25. The topological polar surface area (TPSA) is 75.6 Å². The van der Waals surface area contributed by atoms with Crippen molar-refractivity contribution in [2.75, 3.05) is 0 Å². The number of amides is 1. The smallest absolute Gasteiger partial charge is 0.408 e. The third-order valence-corrected chi connectivity index (χ3v) is 6.70. The number of carboxylic acid groups (broad SMARTS) is 1. The number of benzene rings is 3. The van der Waals surface area contributed by atoms with Gasteiger partial charge in [0.25, 0.3) is 0 Å². The number of nitrogens with one attached hydrogen (secondary N) is 1. The Morgan fingerprint density at radius 3 is 2.09 bits per heavy atom. The Morgan fingerprint density at radius 2 is 1.48 bits per heavy atom. The number of aryl methyl sites for hydroxylation is 2. The van der Waals surface area contributed by atoms with Gasteiger partial charge in [0, 0.05) is 11.0 Å². The fourth-order valence-corrected chi connectivity index (χ4v) is 4.65. The molecular formula is C27H29NO4S. The van der Waals surface area contributed by atoms with Crippen molar-refractivity contribution in [3.63, 3.8) is 0 Å². The summed E-state index contributed by atoms with van der Waals surface area (Å²) >= 11 is 1.54. The number of thioether (sulfide) groups is 1. The molecule has 0 aliphatic rings. The van der Waals surface area contributed by atoms with E-state index in [0.29, 0.717) is 12.2 Å². The average molecular weight is 464 g/mol. The minimum atomic E-state index is -1.07. The standard InChI is InChI=1S/C27H29NO4S/c1-20-12-14-23(15-13-20)19-33-24(17-16-21-8-4-2-5-9-21)25(26(29)30)28-27(31)32-18-22-10-6-3-7-11-22/h2-15,24-25H,16-19H2,1H3,(H,28,31)(H,29,30)/t24-,25+/m1/s1. The van der Waals surface area contributed by atoms with Crippen LogP contribution in [0, 0.1) is 6.92 Å². The second-order valence-electron chi connectivity index (χ2n) is 7.88. The highest BCUT2D eigenvalue weighted by Crippen LogP contribution is 2.26. The Morgan fingerprint density at radius 1 is 0.879 bits per heavy atom. The van der Waals surface area contributed by atoms with Gasteiger partial charge in [-0.05, 0) is 36.5 Å². The molecule has 0 aliphatic carbocycles. The normalized spacial score (nSPS) is 12.5. The monoisotopic (exact) mass is 463 g/mol. The summed E-state index contributed by atoms with van der Waals surface area (Å²) in [4.78, 5) is 24.6. The van der Waals surface area contributed by atoms with Crippen LogP contribution in [0.15, 0.2) is 84.9 Å². The van der Waals surface area contributed by atoms with Crippen LogP contribution in [0.2, 0.25) is 0 Å². The van der Waals surface area contributed by atoms with E-state index in [2.05, 4.69) is 5.32 Å². The largest absolute Gasteiger partial charge is 0.480 e. The number of aliphatic carboxylic acids is 1. The molecule has 172 valence electrons. The van der Waals surface area contributed by atoms with Crippen LogP contribution in [0.4, 0.5) is 4.79 Å². The average Bonchev–Trinajstić information content (AvgIpc) is 2.84. The number of ether oxygens (including phenoxy) is 1. The highest BCUT2D eigenvalue weighted by molar-refractivity contribution is 7.99. The fourth-order valence-electron chi connectivity index (χ4n) is 3.39. The number of carbonyl (C=O) groups excluding carboxylic acids is 1. The summed E-state index contributed by atoms with van der Waals surface area (Å²) < 4.78 is 5.27. The molecule has 5 nitrogen and oxygen atoms in total. The first-order valence-corrected chi connectivity index (χ1v) is 12.0. The summed E-state index contributed by atoms with van der Waals surface area (Å²) in [5.74, 6) is -0.411. The van der Waals surface area contributed by atoms with Gasteiger partial charge in [-0.25, -0.2) is 9.59 Å². The molecule has 0 aromatic heterocycles. The van der Waals surface area contributed by atoms with Gasteiger partial charge in [0.1, 0.15) is 12.6 Å². The van der Waals surface area contributed by atoms with Gasteiger partial charge in [-0.1, -0.05) is 90.5 Å². The molecule has 0 unspecified atom stereocenters. The molecule has 2 N–H and O–H groups in total. The molecule has 3 rings (SSSR count). The van der Waals surface area contributed by atoms with Crippen molar-refractivity contribution >= 4 is 23.8 Å². The molecule has 1 amide bonds. The van der Waals surface area contributed by atoms with E-state index < -0.39 is 18.1 Å². The lowest BCUT2D eigenvalue weighted by Crippen LogP contribution is -2.48. The van der Waals surface area contributed by atoms with Gasteiger partial charge in [-0.3, -0.25) is 0 Å². The van der Waals surface area contributed by atoms with Gasteiger partial charge < -0.3 is 15.2 Å². The maximum Gasteiger partial charge on any atom is 0.408 e. The second-order valence-corrected chi connectivity index (χ2v) is 9.11. The van der Waals surface area contributed by atoms with Gasteiger partial charge in [0.15, 0.2) is 0 Å². The van der Waals surface area contributed by atoms with Crippen LogP contribution >= 0.6 is 11.8 Å². The van der Waals surface area contributed by atoms with Crippen LogP contribution in [0.25, 0.3) is 0 Å². The van der Waals surface area contributed by atoms with E-state index in [1.165, 1.54) is 5.56 Å². The van der Waals surface area contributed by atoms with Crippen molar-refractivity contribution in [2.24, 2.45) is 0 Å². The highest BCUT2D eigenvalue weighted by Gasteiger charge is 2.30. The first-order chi connectivity index (χ1) is 16.0. The third kappa shape index (κ3) is 8.31. The van der Waals surface area contributed by atoms with Crippen LogP contribution < -0.4 is 5.32 Å². The Kier molecular flexibility index (Phi) is 9.39. The van der Waals surface area contributed by atoms with Gasteiger partial charge in [-0.2, -0.15) is 11.8 Å². The molecule has 0 radical (unpaired) electrons. The van der Waals surface area contributed by atoms with Gasteiger partial charge in [0.2, 0.25) is 0 Å². The van der Waals surface area contributed by atoms with E-state index in [9.17, 15) is 14.7 Å². The molecule has 0 saturated carbocycles. The predicted molar refractivity (Wildman–Crippen MR) is 132 cm³/mol. The van der Waals surface area contributed by atoms with Gasteiger partial charge >= 0.3 is 12.1 Å². The molecule has 0 heterocycles. The summed E-state index contributed by atoms with van der Waals surface area (Å²) in [5.41, 5.74) is 4.27. The minimum absolute atomic E-state index is 0.0875. The molecule has 3 aromatic carbocycles. The van der Waals surface area contributed by atoms with Crippen LogP contribution in [0.1, 0.15) is 28.7 Å². The van der Waals surface area contributed by atoms with Crippen molar-refractivity contribution in [2.45, 2.75) is 43.4 Å². The lowest BCUT2D eigenvalue weighted by Gasteiger charge is -2.24. The molecule has 0 saturated heterocycles. The number of rotatable bonds is 11. The summed E-state index contributed by atoms with van der Waals surface area (Å²) in [6.07, 6.45) is 0.597. The molecule has 33 heavy (non-hydrogen) atoms. The van der Waals surface area contributed by atoms with E-state index in [0.717, 1.165) is 23.1 Å². The van der Waals surface area contributed by atoms with Crippen molar-refractivity contribution < 1.29 is 19.4 Å². The molecule has 0 aliphatic heterocycles. The zero-order valence-electron chi connectivity index (χ0n) is 18.6. The number of hydrogen-bond donors (Lipinski definition) is 2. The van der Waals surface area contributed by atoms with Gasteiger partial charge in [-0.15, -0.1) is 0 Å². The Bertz CT molecular complexity index is 1010. The van der Waals surface area contributed by atoms with Crippen molar-refractivity contribution in [3.05, 3.63) is 107 Å². The van der Waals surface area contributed by atoms with Crippen LogP contribution in [-0.4, -0.2) is 28.5 Å². The predicted octanol–water partition coefficient (Wildman–Crippen LogP) is 5.61. The quantitative estimate of drug-likeness (QED) is 0.387. The number of alkyl carbamates (subject to hydrolysis) is 1. The molecule has 0 fully saturated rings. The van der Waals surface area contributed by atoms with Crippen molar-refractivity contribution in [1.82, 2.24) is 5.32 Å². The molecule has 2 atom stereocenters. The maximum atomic E-state index is 12.4. The lowest BCUT2D eigenvalue weighted by molar-refractivity contribution is -0.139. The molecule has 3 aromatic rings. The summed E-state index contributed by atoms with van der Waals surface area (Å²) in [6, 6.07) is 26.4. The van der Waals surface area contributed by atoms with E-state index in [4.69, 9.17) is 4.74 Å². The highest BCUT2D eigenvalue weighted by atomic mass is 32.2. The minimum Gasteiger partial charge on any atom is -0.480 e. The van der Waals surface area contributed by atoms with Crippen LogP contribution in [0.3, 0.4) is 0 Å². The molecule has 6 heteroatoms. The SMILES string of the molecule is Cc1ccc(CS[C@H](CCc2ccccc2)[C@H](NC(=O)OCc2ccccc2)C(=O)O)cc1. The summed E-state index contributed by atoms with van der Waals surface area (Å²) in [7, 11) is 0. The van der Waals surface area contributed by atoms with E-state index >= 15 is 0 Å². The van der Waals surface area contributed by atoms with E-state index in [1.807, 2.05) is 91.9 Å². The zero-order valence-corrected chi connectivity index (χ0v) is 19.5. The van der Waals surface area contributed by atoms with E-state index in [1.54, 1.807) is 11.8 Å². The number of hydrogen-bond acceptors (Lipinski definition) is 4. The first kappa shape index (κ1) is 24.4. The molecule has 0 spiro atoms. The maximum absolute atomic E-state index is 12.4. The van der Waals surface area contributed by atoms with Crippen molar-refractivity contribution in [3.8, 4) is 0 Å². The first-order valence-electron chi connectivity index (χ1n) is 10.9. The molecule has 0 bridgehead atoms. The Balaban J connectivity index is 1.66. The summed E-state index contributed by atoms with van der Waals surface area (Å²) in [5, 5.41) is 12.2. The fraction of sp³-hybridized carbons (Fsp3) is 0.259. The van der Waals surface area contributed by atoms with Crippen LogP contribution in [-0.2, 0) is 28.3 Å². The van der Waals surface area contributed by atoms with Crippen molar-refractivity contribution in [1.29, 1.82) is 0 Å². The van der Waals surface area contributed by atoms with Crippen LogP contribution in [0.5, 0.6) is 0 Å². The zero-order chi connectivity index (χ0) is 23.5. The third-order valence-electron chi connectivity index (χ3n) is 5.27. The summed E-state index contributed by atoms with van der Waals surface area (Å²) in [6.45, 7) is 2.12. The lowest BCUT2D eigenvalue weighted by atomic mass is 10.0. The molecular weight excluding hydrogens is 434 g/mol. The number of carboxylic acids is 1.